The Morgan fingerprint density at radius 3 is 3.00 bits per heavy atom. The number of nitrogen functional groups attached to an aromatic ring is 1. The number of nitrogens with one attached hydrogen (secondary N) is 1. The van der Waals surface area contributed by atoms with Crippen LogP contribution in [0.4, 0.5) is 5.69 Å². The molecule has 0 saturated carbocycles. The zero-order chi connectivity index (χ0) is 13.7. The highest BCUT2D eigenvalue weighted by atomic mass is 16.6. The molecule has 0 aliphatic heterocycles. The molecule has 3 N–H and O–H groups in total. The average Bonchev–Trinajstić information content (AvgIpc) is 2.81. The number of nitrogens with two attached hydrogens (primary N) is 1. The van der Waals surface area contributed by atoms with E-state index < -0.39 is 5.97 Å². The molecule has 1 aromatic carbocycles. The van der Waals surface area contributed by atoms with E-state index in [1.54, 1.807) is 18.2 Å². The molecule has 6 nitrogen and oxygen atoms in total. The van der Waals surface area contributed by atoms with Gasteiger partial charge in [0, 0.05) is 17.7 Å². The number of fused-ring (bicyclic) bond motifs is 1. The highest BCUT2D eigenvalue weighted by Gasteiger charge is 2.15. The largest absolute Gasteiger partial charge is 0.458 e. The normalized spacial score (nSPS) is 10.8. The topological polar surface area (TPSA) is 90.2 Å². The fraction of sp³-hybridized carbons (Fsp3) is 0.385. The molecule has 0 aliphatic carbocycles. The van der Waals surface area contributed by atoms with Gasteiger partial charge in [-0.25, -0.2) is 4.79 Å². The van der Waals surface area contributed by atoms with Gasteiger partial charge in [0.15, 0.2) is 5.69 Å². The summed E-state index contributed by atoms with van der Waals surface area (Å²) < 4.78 is 10.3. The molecular weight excluding hydrogens is 246 g/mol. The van der Waals surface area contributed by atoms with Crippen molar-refractivity contribution in [2.45, 2.75) is 13.3 Å². The molecule has 0 aliphatic rings. The molecular formula is C13H17N3O3. The van der Waals surface area contributed by atoms with Crippen LogP contribution in [0.25, 0.3) is 10.9 Å². The first-order valence-electron chi connectivity index (χ1n) is 6.21. The van der Waals surface area contributed by atoms with Crippen LogP contribution in [0.1, 0.15) is 23.8 Å². The lowest BCUT2D eigenvalue weighted by Gasteiger charge is -2.04. The van der Waals surface area contributed by atoms with Crippen molar-refractivity contribution in [3.05, 3.63) is 23.9 Å². The highest BCUT2D eigenvalue weighted by molar-refractivity contribution is 6.02. The molecule has 2 rings (SSSR count). The summed E-state index contributed by atoms with van der Waals surface area (Å²) in [5.41, 5.74) is 7.27. The molecule has 1 aromatic heterocycles. The number of hydrogen-bond donors (Lipinski definition) is 2. The van der Waals surface area contributed by atoms with Crippen molar-refractivity contribution in [3.63, 3.8) is 0 Å². The standard InChI is InChI=1S/C13H17N3O3/c1-2-5-18-6-7-19-13(17)12-10-8-9(14)3-4-11(10)15-16-12/h3-4,8H,2,5-7,14H2,1H3,(H,15,16). The van der Waals surface area contributed by atoms with Gasteiger partial charge in [0.2, 0.25) is 0 Å². The number of rotatable bonds is 6. The minimum absolute atomic E-state index is 0.218. The molecule has 0 amide bonds. The lowest BCUT2D eigenvalue weighted by Crippen LogP contribution is -2.11. The number of nitrogens with zero attached hydrogens (tertiary/aromatic N) is 1. The van der Waals surface area contributed by atoms with Gasteiger partial charge in [0.05, 0.1) is 12.1 Å². The van der Waals surface area contributed by atoms with Gasteiger partial charge >= 0.3 is 5.97 Å². The van der Waals surface area contributed by atoms with Crippen molar-refractivity contribution in [1.82, 2.24) is 10.2 Å². The smallest absolute Gasteiger partial charge is 0.359 e. The van der Waals surface area contributed by atoms with Crippen LogP contribution in [0.2, 0.25) is 0 Å². The molecule has 0 bridgehead atoms. The predicted molar refractivity (Wildman–Crippen MR) is 71.9 cm³/mol. The van der Waals surface area contributed by atoms with Gasteiger partial charge in [0.1, 0.15) is 6.61 Å². The second kappa shape index (κ2) is 6.19. The van der Waals surface area contributed by atoms with Gasteiger partial charge in [-0.15, -0.1) is 0 Å². The van der Waals surface area contributed by atoms with Crippen LogP contribution in [-0.2, 0) is 9.47 Å². The Balaban J connectivity index is 1.99. The van der Waals surface area contributed by atoms with Crippen molar-refractivity contribution >= 4 is 22.6 Å². The van der Waals surface area contributed by atoms with Crippen LogP contribution >= 0.6 is 0 Å². The van der Waals surface area contributed by atoms with Crippen LogP contribution in [0.3, 0.4) is 0 Å². The number of anilines is 1. The first-order chi connectivity index (χ1) is 9.22. The number of hydrogen-bond acceptors (Lipinski definition) is 5. The third-order valence-corrected chi connectivity index (χ3v) is 2.59. The molecule has 19 heavy (non-hydrogen) atoms. The van der Waals surface area contributed by atoms with Gasteiger partial charge in [-0.2, -0.15) is 5.10 Å². The van der Waals surface area contributed by atoms with Gasteiger partial charge in [-0.3, -0.25) is 5.10 Å². The Labute approximate surface area is 110 Å². The maximum atomic E-state index is 11.9. The average molecular weight is 263 g/mol. The van der Waals surface area contributed by atoms with E-state index in [4.69, 9.17) is 15.2 Å². The molecule has 2 aromatic rings. The summed E-state index contributed by atoms with van der Waals surface area (Å²) in [5.74, 6) is -0.475. The van der Waals surface area contributed by atoms with E-state index in [-0.39, 0.29) is 12.3 Å². The maximum absolute atomic E-state index is 11.9. The first kappa shape index (κ1) is 13.4. The van der Waals surface area contributed by atoms with Crippen molar-refractivity contribution < 1.29 is 14.3 Å². The molecule has 0 fully saturated rings. The van der Waals surface area contributed by atoms with E-state index in [0.29, 0.717) is 24.3 Å². The van der Waals surface area contributed by atoms with Crippen LogP contribution in [-0.4, -0.2) is 36.0 Å². The number of H-pyrrole nitrogens is 1. The minimum atomic E-state index is -0.475. The second-order valence-corrected chi connectivity index (χ2v) is 4.13. The van der Waals surface area contributed by atoms with Crippen molar-refractivity contribution in [2.24, 2.45) is 0 Å². The summed E-state index contributed by atoms with van der Waals surface area (Å²) in [7, 11) is 0. The van der Waals surface area contributed by atoms with E-state index in [1.165, 1.54) is 0 Å². The summed E-state index contributed by atoms with van der Waals surface area (Å²) in [4.78, 5) is 11.9. The first-order valence-corrected chi connectivity index (χ1v) is 6.21. The van der Waals surface area contributed by atoms with Gasteiger partial charge in [-0.1, -0.05) is 6.92 Å². The molecule has 0 saturated heterocycles. The van der Waals surface area contributed by atoms with Crippen LogP contribution in [0, 0.1) is 0 Å². The number of esters is 1. The molecule has 1 heterocycles. The Kier molecular flexibility index (Phi) is 4.35. The number of carbonyl (C=O) groups excluding carboxylic acids is 1. The maximum Gasteiger partial charge on any atom is 0.359 e. The Morgan fingerprint density at radius 1 is 1.37 bits per heavy atom. The van der Waals surface area contributed by atoms with E-state index in [2.05, 4.69) is 10.2 Å². The van der Waals surface area contributed by atoms with Crippen LogP contribution in [0.15, 0.2) is 18.2 Å². The van der Waals surface area contributed by atoms with E-state index >= 15 is 0 Å². The van der Waals surface area contributed by atoms with Crippen molar-refractivity contribution in [3.8, 4) is 0 Å². The quantitative estimate of drug-likeness (QED) is 0.470. The van der Waals surface area contributed by atoms with Crippen molar-refractivity contribution in [2.75, 3.05) is 25.6 Å². The number of benzene rings is 1. The SMILES string of the molecule is CCCOCCOC(=O)c1n[nH]c2ccc(N)cc12. The van der Waals surface area contributed by atoms with E-state index in [0.717, 1.165) is 11.9 Å². The zero-order valence-electron chi connectivity index (χ0n) is 10.8. The second-order valence-electron chi connectivity index (χ2n) is 4.13. The molecule has 0 atom stereocenters. The minimum Gasteiger partial charge on any atom is -0.458 e. The summed E-state index contributed by atoms with van der Waals surface area (Å²) in [6, 6.07) is 5.22. The predicted octanol–water partition coefficient (Wildman–Crippen LogP) is 1.73. The van der Waals surface area contributed by atoms with Crippen LogP contribution < -0.4 is 5.73 Å². The third kappa shape index (κ3) is 3.23. The fourth-order valence-corrected chi connectivity index (χ4v) is 1.70. The number of aromatic amines is 1. The Bertz CT molecular complexity index is 565. The van der Waals surface area contributed by atoms with E-state index in [9.17, 15) is 4.79 Å². The van der Waals surface area contributed by atoms with Gasteiger partial charge < -0.3 is 15.2 Å². The highest BCUT2D eigenvalue weighted by Crippen LogP contribution is 2.19. The molecule has 0 spiro atoms. The fourth-order valence-electron chi connectivity index (χ4n) is 1.70. The molecule has 0 radical (unpaired) electrons. The summed E-state index contributed by atoms with van der Waals surface area (Å²) in [6.07, 6.45) is 0.942. The zero-order valence-corrected chi connectivity index (χ0v) is 10.8. The number of carbonyl (C=O) groups is 1. The van der Waals surface area contributed by atoms with Crippen LogP contribution in [0.5, 0.6) is 0 Å². The van der Waals surface area contributed by atoms with Gasteiger partial charge in [0.25, 0.3) is 0 Å². The van der Waals surface area contributed by atoms with Gasteiger partial charge in [-0.05, 0) is 24.6 Å². The molecule has 0 unspecified atom stereocenters. The molecule has 6 heteroatoms. The molecule has 102 valence electrons. The van der Waals surface area contributed by atoms with Crippen molar-refractivity contribution in [1.29, 1.82) is 0 Å². The summed E-state index contributed by atoms with van der Waals surface area (Å²) in [6.45, 7) is 3.30. The third-order valence-electron chi connectivity index (χ3n) is 2.59. The number of aromatic nitrogens is 2. The lowest BCUT2D eigenvalue weighted by atomic mass is 10.2. The Hall–Kier alpha value is -2.08. The van der Waals surface area contributed by atoms with E-state index in [1.807, 2.05) is 6.92 Å². The monoisotopic (exact) mass is 263 g/mol. The Morgan fingerprint density at radius 2 is 2.21 bits per heavy atom. The number of ether oxygens (including phenoxy) is 2. The summed E-state index contributed by atoms with van der Waals surface area (Å²) in [5, 5.41) is 7.39. The lowest BCUT2D eigenvalue weighted by molar-refractivity contribution is 0.0315. The summed E-state index contributed by atoms with van der Waals surface area (Å²) >= 11 is 0.